The van der Waals surface area contributed by atoms with E-state index in [-0.39, 0.29) is 16.9 Å². The molecule has 2 aromatic heterocycles. The molecule has 9 heteroatoms. The summed E-state index contributed by atoms with van der Waals surface area (Å²) in [7, 11) is -2.12. The number of imidazole rings is 1. The number of thiazole rings is 1. The highest BCUT2D eigenvalue weighted by Crippen LogP contribution is 2.23. The van der Waals surface area contributed by atoms with Gasteiger partial charge < -0.3 is 10.5 Å². The Morgan fingerprint density at radius 3 is 3.05 bits per heavy atom. The van der Waals surface area contributed by atoms with E-state index in [2.05, 4.69) is 9.71 Å². The van der Waals surface area contributed by atoms with E-state index in [1.165, 1.54) is 15.7 Å². The third-order valence-electron chi connectivity index (χ3n) is 2.61. The predicted molar refractivity (Wildman–Crippen MR) is 73.8 cm³/mol. The highest BCUT2D eigenvalue weighted by atomic mass is 32.2. The third-order valence-corrected chi connectivity index (χ3v) is 4.99. The van der Waals surface area contributed by atoms with Crippen LogP contribution in [0.4, 0.5) is 5.82 Å². The highest BCUT2D eigenvalue weighted by Gasteiger charge is 2.25. The molecule has 0 aromatic carbocycles. The number of aromatic nitrogens is 2. The van der Waals surface area contributed by atoms with Crippen LogP contribution in [0.1, 0.15) is 13.3 Å². The van der Waals surface area contributed by atoms with Gasteiger partial charge in [-0.25, -0.2) is 18.1 Å². The topological polar surface area (TPSA) is 98.7 Å². The number of sulfonamides is 1. The first kappa shape index (κ1) is 14.3. The predicted octanol–water partition coefficient (Wildman–Crippen LogP) is 0.681. The zero-order valence-corrected chi connectivity index (χ0v) is 12.3. The molecule has 0 aliphatic carbocycles. The standard InChI is InChI=1S/C10H16N4O3S2/c1-7(3-5-17-2)13-19(15,16)9-8(11)12-10-14(9)4-6-18-10/h4,6-7,13H,3,5,11H2,1-2H3. The number of hydrogen-bond acceptors (Lipinski definition) is 6. The van der Waals surface area contributed by atoms with Crippen molar-refractivity contribution in [3.63, 3.8) is 0 Å². The second-order valence-corrected chi connectivity index (χ2v) is 6.66. The van der Waals surface area contributed by atoms with Crippen molar-refractivity contribution in [3.8, 4) is 0 Å². The molecule has 0 aliphatic heterocycles. The molecule has 0 radical (unpaired) electrons. The van der Waals surface area contributed by atoms with E-state index in [0.29, 0.717) is 18.0 Å². The lowest BCUT2D eigenvalue weighted by Crippen LogP contribution is -2.34. The largest absolute Gasteiger partial charge is 0.385 e. The summed E-state index contributed by atoms with van der Waals surface area (Å²) >= 11 is 1.33. The fourth-order valence-electron chi connectivity index (χ4n) is 1.72. The van der Waals surface area contributed by atoms with Crippen LogP contribution in [0, 0.1) is 0 Å². The maximum atomic E-state index is 12.3. The van der Waals surface area contributed by atoms with Crippen LogP contribution in [-0.2, 0) is 14.8 Å². The van der Waals surface area contributed by atoms with E-state index in [0.717, 1.165) is 0 Å². The lowest BCUT2D eigenvalue weighted by atomic mass is 10.3. The summed E-state index contributed by atoms with van der Waals surface area (Å²) in [6.45, 7) is 2.26. The van der Waals surface area contributed by atoms with Crippen molar-refractivity contribution in [2.24, 2.45) is 0 Å². The van der Waals surface area contributed by atoms with Gasteiger partial charge >= 0.3 is 0 Å². The van der Waals surface area contributed by atoms with Gasteiger partial charge in [0.05, 0.1) is 0 Å². The smallest absolute Gasteiger partial charge is 0.260 e. The van der Waals surface area contributed by atoms with Crippen LogP contribution in [0.25, 0.3) is 4.96 Å². The summed E-state index contributed by atoms with van der Waals surface area (Å²) in [5.41, 5.74) is 5.69. The van der Waals surface area contributed by atoms with Crippen molar-refractivity contribution < 1.29 is 13.2 Å². The molecule has 2 heterocycles. The Balaban J connectivity index is 2.28. The van der Waals surface area contributed by atoms with Crippen LogP contribution < -0.4 is 10.5 Å². The first-order chi connectivity index (χ1) is 8.95. The first-order valence-electron chi connectivity index (χ1n) is 5.68. The molecule has 2 rings (SSSR count). The van der Waals surface area contributed by atoms with E-state index in [1.54, 1.807) is 25.6 Å². The third kappa shape index (κ3) is 2.89. The van der Waals surface area contributed by atoms with E-state index < -0.39 is 10.0 Å². The van der Waals surface area contributed by atoms with Gasteiger partial charge in [-0.15, -0.1) is 11.3 Å². The Kier molecular flexibility index (Phi) is 4.09. The van der Waals surface area contributed by atoms with Gasteiger partial charge in [0.1, 0.15) is 0 Å². The molecule has 7 nitrogen and oxygen atoms in total. The minimum Gasteiger partial charge on any atom is -0.385 e. The molecule has 0 amide bonds. The van der Waals surface area contributed by atoms with Gasteiger partial charge in [-0.05, 0) is 13.3 Å². The highest BCUT2D eigenvalue weighted by molar-refractivity contribution is 7.89. The summed E-state index contributed by atoms with van der Waals surface area (Å²) in [4.78, 5) is 4.58. The Morgan fingerprint density at radius 2 is 2.37 bits per heavy atom. The maximum absolute atomic E-state index is 12.3. The second-order valence-electron chi connectivity index (χ2n) is 4.16. The molecule has 2 aromatic rings. The van der Waals surface area contributed by atoms with Gasteiger partial charge in [0, 0.05) is 31.3 Å². The number of rotatable bonds is 6. The fraction of sp³-hybridized carbons (Fsp3) is 0.500. The van der Waals surface area contributed by atoms with Crippen molar-refractivity contribution in [2.45, 2.75) is 24.4 Å². The normalized spacial score (nSPS) is 14.0. The first-order valence-corrected chi connectivity index (χ1v) is 8.04. The van der Waals surface area contributed by atoms with Gasteiger partial charge in [0.15, 0.2) is 15.8 Å². The zero-order valence-electron chi connectivity index (χ0n) is 10.7. The van der Waals surface area contributed by atoms with Crippen LogP contribution in [0.15, 0.2) is 16.6 Å². The van der Waals surface area contributed by atoms with E-state index >= 15 is 0 Å². The summed E-state index contributed by atoms with van der Waals surface area (Å²) in [6, 6.07) is -0.242. The van der Waals surface area contributed by atoms with Gasteiger partial charge in [-0.1, -0.05) is 0 Å². The zero-order chi connectivity index (χ0) is 14.0. The SMILES string of the molecule is COCCC(C)NS(=O)(=O)c1c(N)nc2sccn12. The van der Waals surface area contributed by atoms with Crippen molar-refractivity contribution in [1.29, 1.82) is 0 Å². The van der Waals surface area contributed by atoms with Gasteiger partial charge in [0.2, 0.25) is 0 Å². The van der Waals surface area contributed by atoms with Crippen LogP contribution >= 0.6 is 11.3 Å². The molecule has 1 unspecified atom stereocenters. The molecule has 3 N–H and O–H groups in total. The number of nitrogens with zero attached hydrogens (tertiary/aromatic N) is 2. The van der Waals surface area contributed by atoms with Crippen LogP contribution in [0.3, 0.4) is 0 Å². The quantitative estimate of drug-likeness (QED) is 0.817. The monoisotopic (exact) mass is 304 g/mol. The summed E-state index contributed by atoms with van der Waals surface area (Å²) < 4.78 is 33.6. The number of nitrogen functional groups attached to an aromatic ring is 1. The number of nitrogens with one attached hydrogen (secondary N) is 1. The molecule has 0 saturated carbocycles. The number of methoxy groups -OCH3 is 1. The second kappa shape index (κ2) is 5.45. The minimum atomic E-state index is -3.70. The lowest BCUT2D eigenvalue weighted by Gasteiger charge is -2.13. The number of anilines is 1. The number of fused-ring (bicyclic) bond motifs is 1. The van der Waals surface area contributed by atoms with E-state index in [9.17, 15) is 8.42 Å². The summed E-state index contributed by atoms with van der Waals surface area (Å²) in [6.07, 6.45) is 2.22. The summed E-state index contributed by atoms with van der Waals surface area (Å²) in [5, 5.41) is 1.75. The van der Waals surface area contributed by atoms with Gasteiger partial charge in [-0.2, -0.15) is 0 Å². The maximum Gasteiger partial charge on any atom is 0.260 e. The molecule has 106 valence electrons. The Hall–Kier alpha value is -1.16. The molecular formula is C10H16N4O3S2. The van der Waals surface area contributed by atoms with E-state index in [1.807, 2.05) is 0 Å². The molecular weight excluding hydrogens is 288 g/mol. The Labute approximate surface area is 115 Å². The van der Waals surface area contributed by atoms with Crippen LogP contribution in [-0.4, -0.2) is 37.6 Å². The number of ether oxygens (including phenoxy) is 1. The Bertz CT molecular complexity index is 661. The number of nitrogens with two attached hydrogens (primary N) is 1. The van der Waals surface area contributed by atoms with Crippen LogP contribution in [0.2, 0.25) is 0 Å². The van der Waals surface area contributed by atoms with Crippen molar-refractivity contribution in [2.75, 3.05) is 19.5 Å². The average molecular weight is 304 g/mol. The fourth-order valence-corrected chi connectivity index (χ4v) is 3.99. The molecule has 19 heavy (non-hydrogen) atoms. The molecule has 0 saturated heterocycles. The van der Waals surface area contributed by atoms with Gasteiger partial charge in [-0.3, -0.25) is 4.40 Å². The molecule has 1 atom stereocenters. The Morgan fingerprint density at radius 1 is 1.63 bits per heavy atom. The van der Waals surface area contributed by atoms with Crippen molar-refractivity contribution in [3.05, 3.63) is 11.6 Å². The van der Waals surface area contributed by atoms with Crippen molar-refractivity contribution >= 4 is 32.1 Å². The summed E-state index contributed by atoms with van der Waals surface area (Å²) in [5.74, 6) is 0.0123. The minimum absolute atomic E-state index is 0.00647. The molecule has 0 fully saturated rings. The molecule has 0 spiro atoms. The van der Waals surface area contributed by atoms with E-state index in [4.69, 9.17) is 10.5 Å². The molecule has 0 bridgehead atoms. The average Bonchev–Trinajstić information content (AvgIpc) is 2.84. The molecule has 0 aliphatic rings. The van der Waals surface area contributed by atoms with Gasteiger partial charge in [0.25, 0.3) is 10.0 Å². The van der Waals surface area contributed by atoms with Crippen LogP contribution in [0.5, 0.6) is 0 Å². The number of hydrogen-bond donors (Lipinski definition) is 2. The lowest BCUT2D eigenvalue weighted by molar-refractivity contribution is 0.188. The van der Waals surface area contributed by atoms with Crippen molar-refractivity contribution in [1.82, 2.24) is 14.1 Å².